The molecule has 1 aromatic carbocycles. The molecule has 33 heavy (non-hydrogen) atoms. The quantitative estimate of drug-likeness (QED) is 0.294. The standard InChI is InChI=1S/C20H22N6O6S/c1-14-16-11-15(20(27)32-2)12-21-19(16)25(22-14)13-23-7-9-24(10-8-23)33(30,31)18-6-4-3-5-17(18)26(28)29/h3-6,11-12H,7-10,13H2,1-2H3. The van der Waals surface area contributed by atoms with E-state index in [9.17, 15) is 23.3 Å². The van der Waals surface area contributed by atoms with E-state index in [0.717, 1.165) is 5.39 Å². The van der Waals surface area contributed by atoms with E-state index in [2.05, 4.69) is 10.1 Å². The minimum Gasteiger partial charge on any atom is -0.465 e. The molecule has 3 aromatic rings. The number of hydrogen-bond acceptors (Lipinski definition) is 9. The van der Waals surface area contributed by atoms with Gasteiger partial charge in [-0.25, -0.2) is 22.9 Å². The maximum atomic E-state index is 13.0. The van der Waals surface area contributed by atoms with E-state index in [1.165, 1.54) is 41.9 Å². The molecule has 0 bridgehead atoms. The molecule has 0 radical (unpaired) electrons. The molecule has 12 nitrogen and oxygen atoms in total. The lowest BCUT2D eigenvalue weighted by atomic mass is 10.2. The van der Waals surface area contributed by atoms with Crippen molar-refractivity contribution >= 4 is 32.7 Å². The number of esters is 1. The molecule has 1 aliphatic rings. The molecule has 2 aromatic heterocycles. The lowest BCUT2D eigenvalue weighted by Gasteiger charge is -2.33. The summed E-state index contributed by atoms with van der Waals surface area (Å²) in [5.41, 5.74) is 1.22. The van der Waals surface area contributed by atoms with Crippen molar-refractivity contribution < 1.29 is 22.9 Å². The molecule has 1 aliphatic heterocycles. The molecule has 0 N–H and O–H groups in total. The van der Waals surface area contributed by atoms with E-state index in [1.807, 2.05) is 11.8 Å². The number of carbonyl (C=O) groups is 1. The smallest absolute Gasteiger partial charge is 0.339 e. The average Bonchev–Trinajstić information content (AvgIpc) is 3.13. The minimum atomic E-state index is -3.99. The lowest BCUT2D eigenvalue weighted by Crippen LogP contribution is -2.49. The van der Waals surface area contributed by atoms with Gasteiger partial charge in [0.2, 0.25) is 10.0 Å². The van der Waals surface area contributed by atoms with Crippen LogP contribution in [0.15, 0.2) is 41.4 Å². The molecule has 0 aliphatic carbocycles. The first-order valence-electron chi connectivity index (χ1n) is 10.1. The van der Waals surface area contributed by atoms with Crippen LogP contribution >= 0.6 is 0 Å². The number of benzene rings is 1. The molecule has 0 saturated carbocycles. The second-order valence-electron chi connectivity index (χ2n) is 7.56. The monoisotopic (exact) mass is 474 g/mol. The average molecular weight is 474 g/mol. The summed E-state index contributed by atoms with van der Waals surface area (Å²) < 4.78 is 33.7. The zero-order valence-electron chi connectivity index (χ0n) is 18.0. The van der Waals surface area contributed by atoms with E-state index in [4.69, 9.17) is 4.74 Å². The highest BCUT2D eigenvalue weighted by Crippen LogP contribution is 2.27. The molecule has 174 valence electrons. The molecule has 4 rings (SSSR count). The number of piperazine rings is 1. The normalized spacial score (nSPS) is 15.6. The number of nitro benzene ring substituents is 1. The van der Waals surface area contributed by atoms with Crippen molar-refractivity contribution in [2.45, 2.75) is 18.5 Å². The molecule has 1 fully saturated rings. The van der Waals surface area contributed by atoms with Crippen LogP contribution in [0.3, 0.4) is 0 Å². The van der Waals surface area contributed by atoms with E-state index >= 15 is 0 Å². The fourth-order valence-corrected chi connectivity index (χ4v) is 5.39. The summed E-state index contributed by atoms with van der Waals surface area (Å²) in [6.45, 7) is 3.41. The number of aromatic nitrogens is 3. The highest BCUT2D eigenvalue weighted by molar-refractivity contribution is 7.89. The molecule has 0 amide bonds. The van der Waals surface area contributed by atoms with Crippen molar-refractivity contribution in [2.75, 3.05) is 33.3 Å². The lowest BCUT2D eigenvalue weighted by molar-refractivity contribution is -0.387. The molecule has 0 spiro atoms. The van der Waals surface area contributed by atoms with E-state index in [1.54, 1.807) is 10.7 Å². The molecule has 0 unspecified atom stereocenters. The van der Waals surface area contributed by atoms with Gasteiger partial charge in [0, 0.05) is 43.8 Å². The van der Waals surface area contributed by atoms with Crippen LogP contribution in [0.4, 0.5) is 5.69 Å². The van der Waals surface area contributed by atoms with Crippen molar-refractivity contribution in [1.82, 2.24) is 24.0 Å². The fraction of sp³-hybridized carbons (Fsp3) is 0.350. The summed E-state index contributed by atoms with van der Waals surface area (Å²) in [7, 11) is -2.69. The molecule has 1 saturated heterocycles. The molecular weight excluding hydrogens is 452 g/mol. The van der Waals surface area contributed by atoms with Gasteiger partial charge in [0.25, 0.3) is 5.69 Å². The van der Waals surface area contributed by atoms with Gasteiger partial charge in [-0.15, -0.1) is 0 Å². The van der Waals surface area contributed by atoms with Crippen LogP contribution in [-0.4, -0.2) is 76.6 Å². The number of carbonyl (C=O) groups excluding carboxylic acids is 1. The highest BCUT2D eigenvalue weighted by Gasteiger charge is 2.33. The maximum absolute atomic E-state index is 13.0. The van der Waals surface area contributed by atoms with Crippen molar-refractivity contribution in [3.8, 4) is 0 Å². The van der Waals surface area contributed by atoms with E-state index in [0.29, 0.717) is 36.7 Å². The second kappa shape index (κ2) is 8.84. The van der Waals surface area contributed by atoms with Gasteiger partial charge in [-0.2, -0.15) is 9.40 Å². The zero-order chi connectivity index (χ0) is 23.8. The van der Waals surface area contributed by atoms with Crippen LogP contribution in [-0.2, 0) is 21.4 Å². The molecule has 3 heterocycles. The van der Waals surface area contributed by atoms with Crippen LogP contribution in [0.5, 0.6) is 0 Å². The summed E-state index contributed by atoms with van der Waals surface area (Å²) in [5, 5.41) is 16.5. The summed E-state index contributed by atoms with van der Waals surface area (Å²) in [5.74, 6) is -0.479. The van der Waals surface area contributed by atoms with Crippen LogP contribution < -0.4 is 0 Å². The zero-order valence-corrected chi connectivity index (χ0v) is 18.9. The Hall–Kier alpha value is -3.42. The Bertz CT molecular complexity index is 1330. The number of sulfonamides is 1. The number of para-hydroxylation sites is 1. The van der Waals surface area contributed by atoms with Gasteiger partial charge in [0.1, 0.15) is 0 Å². The van der Waals surface area contributed by atoms with Gasteiger partial charge in [0.05, 0.1) is 30.0 Å². The number of pyridine rings is 1. The summed E-state index contributed by atoms with van der Waals surface area (Å²) in [4.78, 5) is 28.4. The molecule has 13 heteroatoms. The summed E-state index contributed by atoms with van der Waals surface area (Å²) in [6.07, 6.45) is 1.43. The van der Waals surface area contributed by atoms with E-state index in [-0.39, 0.29) is 18.0 Å². The maximum Gasteiger partial charge on any atom is 0.339 e. The number of rotatable bonds is 6. The third-order valence-corrected chi connectivity index (χ3v) is 7.48. The van der Waals surface area contributed by atoms with Crippen LogP contribution in [0, 0.1) is 17.0 Å². The third kappa shape index (κ3) is 4.29. The van der Waals surface area contributed by atoms with Gasteiger partial charge in [-0.3, -0.25) is 15.0 Å². The number of nitro groups is 1. The van der Waals surface area contributed by atoms with Crippen molar-refractivity contribution in [3.05, 3.63) is 57.9 Å². The number of aryl methyl sites for hydroxylation is 1. The Labute approximate surface area is 189 Å². The molecule has 0 atom stereocenters. The first-order valence-corrected chi connectivity index (χ1v) is 11.5. The second-order valence-corrected chi connectivity index (χ2v) is 9.47. The van der Waals surface area contributed by atoms with Crippen LogP contribution in [0.1, 0.15) is 16.1 Å². The van der Waals surface area contributed by atoms with E-state index < -0.39 is 26.6 Å². The Balaban J connectivity index is 1.49. The summed E-state index contributed by atoms with van der Waals surface area (Å²) in [6, 6.07) is 7.04. The largest absolute Gasteiger partial charge is 0.465 e. The highest BCUT2D eigenvalue weighted by atomic mass is 32.2. The first kappa shape index (κ1) is 22.8. The minimum absolute atomic E-state index is 0.187. The van der Waals surface area contributed by atoms with Crippen LogP contribution in [0.25, 0.3) is 11.0 Å². The Morgan fingerprint density at radius 3 is 2.58 bits per heavy atom. The van der Waals surface area contributed by atoms with Crippen molar-refractivity contribution in [1.29, 1.82) is 0 Å². The van der Waals surface area contributed by atoms with Gasteiger partial charge in [-0.1, -0.05) is 12.1 Å². The third-order valence-electron chi connectivity index (χ3n) is 5.54. The molecular formula is C20H22N6O6S. The topological polar surface area (TPSA) is 141 Å². The Morgan fingerprint density at radius 1 is 1.21 bits per heavy atom. The van der Waals surface area contributed by atoms with Gasteiger partial charge in [0.15, 0.2) is 10.5 Å². The Kier molecular flexibility index (Phi) is 6.10. The predicted molar refractivity (Wildman–Crippen MR) is 117 cm³/mol. The van der Waals surface area contributed by atoms with Crippen LogP contribution in [0.2, 0.25) is 0 Å². The summed E-state index contributed by atoms with van der Waals surface area (Å²) >= 11 is 0. The van der Waals surface area contributed by atoms with Crippen molar-refractivity contribution in [2.24, 2.45) is 0 Å². The number of nitrogens with zero attached hydrogens (tertiary/aromatic N) is 6. The van der Waals surface area contributed by atoms with Gasteiger partial charge in [-0.05, 0) is 19.1 Å². The Morgan fingerprint density at radius 2 is 1.91 bits per heavy atom. The fourth-order valence-electron chi connectivity index (χ4n) is 3.81. The van der Waals surface area contributed by atoms with Gasteiger partial charge >= 0.3 is 5.97 Å². The number of ether oxygens (including phenoxy) is 1. The SMILES string of the molecule is COC(=O)c1cnc2c(c1)c(C)nn2CN1CCN(S(=O)(=O)c2ccccc2[N+](=O)[O-])CC1. The number of methoxy groups -OCH3 is 1. The van der Waals surface area contributed by atoms with Gasteiger partial charge < -0.3 is 4.74 Å². The number of fused-ring (bicyclic) bond motifs is 1. The predicted octanol–water partition coefficient (Wildman–Crippen LogP) is 1.40. The first-order chi connectivity index (χ1) is 15.7. The number of hydrogen-bond donors (Lipinski definition) is 0. The van der Waals surface area contributed by atoms with Crippen molar-refractivity contribution in [3.63, 3.8) is 0 Å².